The molecule has 1 aliphatic carbocycles. The van der Waals surface area contributed by atoms with Crippen molar-refractivity contribution in [2.75, 3.05) is 7.11 Å². The number of nitrogens with zero attached hydrogens (tertiary/aromatic N) is 2. The molecule has 0 bridgehead atoms. The van der Waals surface area contributed by atoms with Gasteiger partial charge in [0.05, 0.1) is 24.9 Å². The highest BCUT2D eigenvalue weighted by Crippen LogP contribution is 2.48. The molecule has 1 fully saturated rings. The highest BCUT2D eigenvalue weighted by Gasteiger charge is 2.39. The number of benzene rings is 1. The first-order chi connectivity index (χ1) is 16.9. The first kappa shape index (κ1) is 23.3. The molecular weight excluding hydrogens is 447 g/mol. The van der Waals surface area contributed by atoms with Gasteiger partial charge in [0.25, 0.3) is 0 Å². The molecule has 182 valence electrons. The highest BCUT2D eigenvalue weighted by atomic mass is 19.1. The Morgan fingerprint density at radius 1 is 1.14 bits per heavy atom. The average molecular weight is 477 g/mol. The van der Waals surface area contributed by atoms with E-state index in [9.17, 15) is 14.3 Å². The molecule has 1 saturated carbocycles. The summed E-state index contributed by atoms with van der Waals surface area (Å²) in [5, 5.41) is 9.64. The molecule has 1 N–H and O–H groups in total. The van der Waals surface area contributed by atoms with Crippen molar-refractivity contribution in [3.05, 3.63) is 71.4 Å². The molecule has 2 unspecified atom stereocenters. The van der Waals surface area contributed by atoms with Gasteiger partial charge in [-0.25, -0.2) is 9.37 Å². The second kappa shape index (κ2) is 9.64. The summed E-state index contributed by atoms with van der Waals surface area (Å²) in [6.07, 6.45) is 7.37. The number of carboxylic acid groups (broad SMARTS) is 1. The summed E-state index contributed by atoms with van der Waals surface area (Å²) < 4.78 is 25.9. The quantitative estimate of drug-likeness (QED) is 0.453. The molecule has 35 heavy (non-hydrogen) atoms. The maximum atomic E-state index is 14.3. The van der Waals surface area contributed by atoms with Gasteiger partial charge in [-0.2, -0.15) is 0 Å². The van der Waals surface area contributed by atoms with Crippen LogP contribution in [-0.2, 0) is 11.2 Å². The van der Waals surface area contributed by atoms with Gasteiger partial charge in [0, 0.05) is 23.4 Å². The summed E-state index contributed by atoms with van der Waals surface area (Å²) in [7, 11) is 1.49. The van der Waals surface area contributed by atoms with Crippen LogP contribution in [0.5, 0.6) is 11.6 Å². The van der Waals surface area contributed by atoms with Crippen LogP contribution in [0.1, 0.15) is 61.4 Å². The van der Waals surface area contributed by atoms with Crippen LogP contribution in [0.15, 0.2) is 48.8 Å². The SMILES string of the molecule is COc1cc(-c2ccc(C3CCCc4ccc(C(C5CC5)[C@H](C)C(=O)O)cc4O3)nc2)c(F)cn1. The van der Waals surface area contributed by atoms with Crippen molar-refractivity contribution < 1.29 is 23.8 Å². The molecule has 5 rings (SSSR count). The molecule has 0 amide bonds. The number of ether oxygens (including phenoxy) is 2. The van der Waals surface area contributed by atoms with Crippen LogP contribution < -0.4 is 9.47 Å². The minimum absolute atomic E-state index is 0.00670. The number of carbonyl (C=O) groups is 1. The molecule has 0 radical (unpaired) electrons. The molecule has 2 aliphatic rings. The first-order valence-electron chi connectivity index (χ1n) is 12.1. The molecule has 3 heterocycles. The minimum atomic E-state index is -0.761. The topological polar surface area (TPSA) is 81.5 Å². The third-order valence-corrected chi connectivity index (χ3v) is 7.18. The molecule has 3 aromatic rings. The average Bonchev–Trinajstić information content (AvgIpc) is 3.71. The predicted molar refractivity (Wildman–Crippen MR) is 129 cm³/mol. The van der Waals surface area contributed by atoms with Gasteiger partial charge < -0.3 is 14.6 Å². The fourth-order valence-electron chi connectivity index (χ4n) is 5.08. The van der Waals surface area contributed by atoms with E-state index >= 15 is 0 Å². The van der Waals surface area contributed by atoms with Gasteiger partial charge in [0.2, 0.25) is 5.88 Å². The van der Waals surface area contributed by atoms with E-state index in [0.29, 0.717) is 22.9 Å². The van der Waals surface area contributed by atoms with Gasteiger partial charge in [-0.05, 0) is 67.2 Å². The van der Waals surface area contributed by atoms with Crippen LogP contribution >= 0.6 is 0 Å². The number of carboxylic acids is 1. The molecule has 7 heteroatoms. The minimum Gasteiger partial charge on any atom is -0.484 e. The molecule has 0 saturated heterocycles. The molecule has 0 spiro atoms. The van der Waals surface area contributed by atoms with E-state index in [1.54, 1.807) is 19.2 Å². The van der Waals surface area contributed by atoms with E-state index in [4.69, 9.17) is 9.47 Å². The van der Waals surface area contributed by atoms with E-state index in [2.05, 4.69) is 22.1 Å². The molecule has 2 aromatic heterocycles. The number of fused-ring (bicyclic) bond motifs is 1. The van der Waals surface area contributed by atoms with Crippen molar-refractivity contribution in [2.24, 2.45) is 11.8 Å². The van der Waals surface area contributed by atoms with Gasteiger partial charge in [-0.15, -0.1) is 0 Å². The Morgan fingerprint density at radius 3 is 2.66 bits per heavy atom. The van der Waals surface area contributed by atoms with E-state index in [0.717, 1.165) is 60.9 Å². The summed E-state index contributed by atoms with van der Waals surface area (Å²) in [6, 6.07) is 11.5. The van der Waals surface area contributed by atoms with Gasteiger partial charge >= 0.3 is 5.97 Å². The van der Waals surface area contributed by atoms with Crippen molar-refractivity contribution in [3.8, 4) is 22.8 Å². The van der Waals surface area contributed by atoms with E-state index in [1.165, 1.54) is 7.11 Å². The lowest BCUT2D eigenvalue weighted by Gasteiger charge is -2.23. The molecular formula is C28H29FN2O4. The predicted octanol–water partition coefficient (Wildman–Crippen LogP) is 5.96. The summed E-state index contributed by atoms with van der Waals surface area (Å²) in [5.74, 6) is -0.0781. The van der Waals surface area contributed by atoms with Crippen LogP contribution in [0, 0.1) is 17.7 Å². The van der Waals surface area contributed by atoms with Gasteiger partial charge in [0.15, 0.2) is 0 Å². The van der Waals surface area contributed by atoms with Crippen LogP contribution in [0.25, 0.3) is 11.1 Å². The second-order valence-corrected chi connectivity index (χ2v) is 9.53. The lowest BCUT2D eigenvalue weighted by Crippen LogP contribution is -2.20. The molecule has 1 aromatic carbocycles. The third-order valence-electron chi connectivity index (χ3n) is 7.18. The Kier molecular flexibility index (Phi) is 6.41. The second-order valence-electron chi connectivity index (χ2n) is 9.53. The fourth-order valence-corrected chi connectivity index (χ4v) is 5.08. The van der Waals surface area contributed by atoms with E-state index in [1.807, 2.05) is 18.2 Å². The monoisotopic (exact) mass is 476 g/mol. The van der Waals surface area contributed by atoms with Crippen molar-refractivity contribution in [1.29, 1.82) is 0 Å². The highest BCUT2D eigenvalue weighted by molar-refractivity contribution is 5.71. The summed E-state index contributed by atoms with van der Waals surface area (Å²) in [5.41, 5.74) is 3.97. The largest absolute Gasteiger partial charge is 0.484 e. The number of hydrogen-bond donors (Lipinski definition) is 1. The molecule has 3 atom stereocenters. The van der Waals surface area contributed by atoms with E-state index in [-0.39, 0.29) is 12.0 Å². The number of aryl methyl sites for hydroxylation is 1. The zero-order valence-corrected chi connectivity index (χ0v) is 19.9. The number of pyridine rings is 2. The first-order valence-corrected chi connectivity index (χ1v) is 12.1. The lowest BCUT2D eigenvalue weighted by molar-refractivity contribution is -0.142. The summed E-state index contributed by atoms with van der Waals surface area (Å²) in [6.45, 7) is 1.80. The van der Waals surface area contributed by atoms with E-state index < -0.39 is 17.7 Å². The van der Waals surface area contributed by atoms with Gasteiger partial charge in [-0.1, -0.05) is 25.1 Å². The normalized spacial score (nSPS) is 19.1. The number of halogens is 1. The maximum Gasteiger partial charge on any atom is 0.306 e. The van der Waals surface area contributed by atoms with Crippen molar-refractivity contribution in [3.63, 3.8) is 0 Å². The molecule has 1 aliphatic heterocycles. The lowest BCUT2D eigenvalue weighted by atomic mass is 9.82. The molecule has 6 nitrogen and oxygen atoms in total. The van der Waals surface area contributed by atoms with Crippen LogP contribution in [-0.4, -0.2) is 28.2 Å². The van der Waals surface area contributed by atoms with Crippen molar-refractivity contribution in [1.82, 2.24) is 9.97 Å². The number of methoxy groups -OCH3 is 1. The zero-order valence-electron chi connectivity index (χ0n) is 19.9. The fraction of sp³-hybridized carbons (Fsp3) is 0.393. The number of hydrogen-bond acceptors (Lipinski definition) is 5. The van der Waals surface area contributed by atoms with Gasteiger partial charge in [0.1, 0.15) is 17.7 Å². The zero-order chi connectivity index (χ0) is 24.5. The van der Waals surface area contributed by atoms with Gasteiger partial charge in [-0.3, -0.25) is 9.78 Å². The Bertz CT molecular complexity index is 1230. The Balaban J connectivity index is 1.40. The number of aromatic nitrogens is 2. The van der Waals surface area contributed by atoms with Crippen LogP contribution in [0.4, 0.5) is 4.39 Å². The maximum absolute atomic E-state index is 14.3. The van der Waals surface area contributed by atoms with Crippen molar-refractivity contribution >= 4 is 5.97 Å². The Morgan fingerprint density at radius 2 is 1.97 bits per heavy atom. The Labute approximate surface area is 204 Å². The smallest absolute Gasteiger partial charge is 0.306 e. The summed E-state index contributed by atoms with van der Waals surface area (Å²) in [4.78, 5) is 20.2. The number of aliphatic carboxylic acids is 1. The Hall–Kier alpha value is -3.48. The van der Waals surface area contributed by atoms with Crippen molar-refractivity contribution in [2.45, 2.75) is 51.0 Å². The third kappa shape index (κ3) is 4.85. The van der Waals surface area contributed by atoms with Crippen LogP contribution in [0.3, 0.4) is 0 Å². The summed E-state index contributed by atoms with van der Waals surface area (Å²) >= 11 is 0. The standard InChI is InChI=1S/C28H29FN2O4/c1-16(28(32)33)27(18-7-8-18)19-9-6-17-4-3-5-24(35-25(17)12-19)23-11-10-20(14-30-23)21-13-26(34-2)31-15-22(21)29/h6,9-16,18,24,27H,3-5,7-8H2,1-2H3,(H,32,33)/t16-,24?,27?/m0/s1. The van der Waals surface area contributed by atoms with Crippen LogP contribution in [0.2, 0.25) is 0 Å². The number of rotatable bonds is 7.